The van der Waals surface area contributed by atoms with Crippen LogP contribution in [0.2, 0.25) is 0 Å². The molecule has 0 amide bonds. The summed E-state index contributed by atoms with van der Waals surface area (Å²) in [6.45, 7) is 0. The fourth-order valence-electron chi connectivity index (χ4n) is 4.89. The van der Waals surface area contributed by atoms with E-state index in [1.165, 1.54) is 0 Å². The van der Waals surface area contributed by atoms with Crippen molar-refractivity contribution in [2.75, 3.05) is 0 Å². The van der Waals surface area contributed by atoms with Crippen molar-refractivity contribution < 1.29 is 42.1 Å². The van der Waals surface area contributed by atoms with Gasteiger partial charge in [0.25, 0.3) is 0 Å². The third-order valence-corrected chi connectivity index (χ3v) is 7.08. The van der Waals surface area contributed by atoms with Gasteiger partial charge in [-0.15, -0.1) is 0 Å². The zero-order valence-electron chi connectivity index (χ0n) is 21.5. The summed E-state index contributed by atoms with van der Waals surface area (Å²) in [4.78, 5) is 11.4. The quantitative estimate of drug-likeness (QED) is 0.138. The first-order valence-corrected chi connectivity index (χ1v) is 13.1. The molecule has 0 fully saturated rings. The van der Waals surface area contributed by atoms with Crippen LogP contribution >= 0.6 is 0 Å². The van der Waals surface area contributed by atoms with E-state index >= 15 is 0 Å². The standard InChI is InChI=1S/C30H33F5O4/c31-29(32,30(33,34)35)18-6-8-21(28(38)39)7-4-2-1-3-5-9-27-25(20-10-13-23(36)14-11-20)16-12-22-19-24(37)15-17-26(22)27/h10-17,19,21,36-37H,1-9,18H2,(H,38,39). The fraction of sp³-hybridized carbons (Fsp3) is 0.433. The molecule has 0 aromatic heterocycles. The lowest BCUT2D eigenvalue weighted by molar-refractivity contribution is -0.284. The molecule has 9 heteroatoms. The normalized spacial score (nSPS) is 13.1. The fourth-order valence-corrected chi connectivity index (χ4v) is 4.89. The number of unbranched alkanes of at least 4 members (excludes halogenated alkanes) is 4. The van der Waals surface area contributed by atoms with Crippen LogP contribution < -0.4 is 0 Å². The Morgan fingerprint density at radius 3 is 2.03 bits per heavy atom. The molecule has 0 saturated carbocycles. The number of aliphatic carboxylic acids is 1. The number of carboxylic acids is 1. The molecule has 0 saturated heterocycles. The first-order valence-electron chi connectivity index (χ1n) is 13.1. The van der Waals surface area contributed by atoms with Crippen LogP contribution in [0.3, 0.4) is 0 Å². The molecular weight excluding hydrogens is 519 g/mol. The number of carbonyl (C=O) groups is 1. The molecule has 212 valence electrons. The number of phenolic OH excluding ortho intramolecular Hbond substituents is 2. The first kappa shape index (κ1) is 30.2. The van der Waals surface area contributed by atoms with Crippen LogP contribution in [-0.2, 0) is 11.2 Å². The lowest BCUT2D eigenvalue weighted by Gasteiger charge is -2.20. The van der Waals surface area contributed by atoms with Gasteiger partial charge in [0.2, 0.25) is 0 Å². The van der Waals surface area contributed by atoms with Gasteiger partial charge in [-0.25, -0.2) is 0 Å². The Morgan fingerprint density at radius 2 is 1.36 bits per heavy atom. The van der Waals surface area contributed by atoms with Gasteiger partial charge in [0, 0.05) is 6.42 Å². The smallest absolute Gasteiger partial charge is 0.453 e. The number of fused-ring (bicyclic) bond motifs is 1. The number of hydrogen-bond acceptors (Lipinski definition) is 3. The molecule has 0 bridgehead atoms. The van der Waals surface area contributed by atoms with E-state index < -0.39 is 36.8 Å². The van der Waals surface area contributed by atoms with Gasteiger partial charge >= 0.3 is 18.1 Å². The topological polar surface area (TPSA) is 77.8 Å². The summed E-state index contributed by atoms with van der Waals surface area (Å²) in [5.41, 5.74) is 3.12. The second-order valence-electron chi connectivity index (χ2n) is 9.98. The Morgan fingerprint density at radius 1 is 0.744 bits per heavy atom. The summed E-state index contributed by atoms with van der Waals surface area (Å²) >= 11 is 0. The van der Waals surface area contributed by atoms with Crippen molar-refractivity contribution in [1.29, 1.82) is 0 Å². The van der Waals surface area contributed by atoms with Crippen molar-refractivity contribution in [2.45, 2.75) is 76.3 Å². The Labute approximate surface area is 224 Å². The van der Waals surface area contributed by atoms with Crippen LogP contribution in [0.5, 0.6) is 11.5 Å². The average Bonchev–Trinajstić information content (AvgIpc) is 2.86. The summed E-state index contributed by atoms with van der Waals surface area (Å²) in [7, 11) is 0. The van der Waals surface area contributed by atoms with E-state index in [2.05, 4.69) is 0 Å². The number of halogens is 5. The molecule has 0 aliphatic rings. The molecule has 3 N–H and O–H groups in total. The molecule has 3 rings (SSSR count). The lowest BCUT2D eigenvalue weighted by atomic mass is 9.90. The number of carboxylic acid groups (broad SMARTS) is 1. The van der Waals surface area contributed by atoms with Crippen LogP contribution in [0.4, 0.5) is 22.0 Å². The van der Waals surface area contributed by atoms with Crippen molar-refractivity contribution in [3.63, 3.8) is 0 Å². The van der Waals surface area contributed by atoms with Gasteiger partial charge in [0.15, 0.2) is 0 Å². The molecule has 3 aromatic rings. The molecule has 0 aliphatic carbocycles. The monoisotopic (exact) mass is 552 g/mol. The van der Waals surface area contributed by atoms with Crippen molar-refractivity contribution in [1.82, 2.24) is 0 Å². The maximum atomic E-state index is 13.1. The molecule has 39 heavy (non-hydrogen) atoms. The van der Waals surface area contributed by atoms with E-state index in [0.717, 1.165) is 59.6 Å². The highest BCUT2D eigenvalue weighted by Gasteiger charge is 2.56. The van der Waals surface area contributed by atoms with Gasteiger partial charge in [-0.1, -0.05) is 56.0 Å². The van der Waals surface area contributed by atoms with E-state index in [-0.39, 0.29) is 24.3 Å². The van der Waals surface area contributed by atoms with E-state index in [1.54, 1.807) is 24.3 Å². The Balaban J connectivity index is 1.51. The highest BCUT2D eigenvalue weighted by atomic mass is 19.4. The number of phenols is 2. The molecule has 1 atom stereocenters. The number of aromatic hydroxyl groups is 2. The molecule has 4 nitrogen and oxygen atoms in total. The number of hydrogen-bond donors (Lipinski definition) is 3. The largest absolute Gasteiger partial charge is 0.508 e. The molecule has 0 radical (unpaired) electrons. The Hall–Kier alpha value is -3.36. The van der Waals surface area contributed by atoms with Crippen molar-refractivity contribution in [2.24, 2.45) is 5.92 Å². The maximum absolute atomic E-state index is 13.1. The van der Waals surface area contributed by atoms with Crippen molar-refractivity contribution >= 4 is 16.7 Å². The third kappa shape index (κ3) is 8.31. The molecule has 0 aliphatic heterocycles. The predicted octanol–water partition coefficient (Wildman–Crippen LogP) is 8.87. The first-order chi connectivity index (χ1) is 18.4. The van der Waals surface area contributed by atoms with Gasteiger partial charge in [0.05, 0.1) is 5.92 Å². The Bertz CT molecular complexity index is 1240. The summed E-state index contributed by atoms with van der Waals surface area (Å²) in [5, 5.41) is 30.8. The van der Waals surface area contributed by atoms with Crippen LogP contribution in [0, 0.1) is 5.92 Å². The van der Waals surface area contributed by atoms with Crippen molar-refractivity contribution in [3.8, 4) is 22.6 Å². The highest BCUT2D eigenvalue weighted by Crippen LogP contribution is 2.39. The minimum absolute atomic E-state index is 0.176. The Kier molecular flexibility index (Phi) is 10.2. The minimum Gasteiger partial charge on any atom is -0.508 e. The zero-order valence-corrected chi connectivity index (χ0v) is 21.5. The van der Waals surface area contributed by atoms with Gasteiger partial charge in [-0.3, -0.25) is 4.79 Å². The van der Waals surface area contributed by atoms with Crippen LogP contribution in [0.15, 0.2) is 54.6 Å². The van der Waals surface area contributed by atoms with Gasteiger partial charge in [-0.05, 0) is 83.8 Å². The maximum Gasteiger partial charge on any atom is 0.453 e. The van der Waals surface area contributed by atoms with Gasteiger partial charge < -0.3 is 15.3 Å². The predicted molar refractivity (Wildman–Crippen MR) is 140 cm³/mol. The number of rotatable bonds is 14. The summed E-state index contributed by atoms with van der Waals surface area (Å²) in [5.74, 6) is -6.55. The summed E-state index contributed by atoms with van der Waals surface area (Å²) in [6.07, 6.45) is -2.88. The SMILES string of the molecule is O=C(O)C(CCCCCCCc1c(-c2ccc(O)cc2)ccc2cc(O)ccc12)CCCC(F)(F)C(F)(F)F. The summed E-state index contributed by atoms with van der Waals surface area (Å²) < 4.78 is 63.1. The number of aryl methyl sites for hydroxylation is 1. The van der Waals surface area contributed by atoms with E-state index in [1.807, 2.05) is 30.3 Å². The van der Waals surface area contributed by atoms with Crippen molar-refractivity contribution in [3.05, 3.63) is 60.2 Å². The summed E-state index contributed by atoms with van der Waals surface area (Å²) in [6, 6.07) is 16.2. The average molecular weight is 553 g/mol. The second-order valence-corrected chi connectivity index (χ2v) is 9.98. The van der Waals surface area contributed by atoms with Crippen LogP contribution in [0.1, 0.15) is 63.4 Å². The molecule has 3 aromatic carbocycles. The van der Waals surface area contributed by atoms with E-state index in [4.69, 9.17) is 0 Å². The number of benzene rings is 3. The minimum atomic E-state index is -5.62. The van der Waals surface area contributed by atoms with Gasteiger partial charge in [-0.2, -0.15) is 22.0 Å². The highest BCUT2D eigenvalue weighted by molar-refractivity contribution is 5.92. The van der Waals surface area contributed by atoms with Crippen LogP contribution in [-0.4, -0.2) is 33.4 Å². The second kappa shape index (κ2) is 13.1. The van der Waals surface area contributed by atoms with E-state index in [9.17, 15) is 42.1 Å². The van der Waals surface area contributed by atoms with E-state index in [0.29, 0.717) is 6.42 Å². The third-order valence-electron chi connectivity index (χ3n) is 7.08. The lowest BCUT2D eigenvalue weighted by Crippen LogP contribution is -2.36. The molecule has 0 heterocycles. The number of alkyl halides is 5. The molecule has 0 spiro atoms. The zero-order chi connectivity index (χ0) is 28.6. The van der Waals surface area contributed by atoms with Crippen LogP contribution in [0.25, 0.3) is 21.9 Å². The van der Waals surface area contributed by atoms with Gasteiger partial charge in [0.1, 0.15) is 11.5 Å². The molecular formula is C30H33F5O4. The molecule has 1 unspecified atom stereocenters.